The summed E-state index contributed by atoms with van der Waals surface area (Å²) in [6.07, 6.45) is 0.544. The summed E-state index contributed by atoms with van der Waals surface area (Å²) in [5.74, 6) is 3.62. The van der Waals surface area contributed by atoms with Crippen LogP contribution in [0.15, 0.2) is 18.2 Å². The van der Waals surface area contributed by atoms with Gasteiger partial charge in [-0.2, -0.15) is 0 Å². The lowest BCUT2D eigenvalue weighted by Gasteiger charge is -1.97. The van der Waals surface area contributed by atoms with Gasteiger partial charge in [0.25, 0.3) is 5.69 Å². The van der Waals surface area contributed by atoms with Gasteiger partial charge in [-0.3, -0.25) is 10.1 Å². The van der Waals surface area contributed by atoms with E-state index in [0.29, 0.717) is 6.29 Å². The summed E-state index contributed by atoms with van der Waals surface area (Å²) < 4.78 is 0. The van der Waals surface area contributed by atoms with Gasteiger partial charge in [-0.1, -0.05) is 11.8 Å². The number of nitro benzene ring substituents is 1. The first kappa shape index (κ1) is 12.4. The maximum atomic E-state index is 10.7. The van der Waals surface area contributed by atoms with Gasteiger partial charge in [-0.15, -0.1) is 0 Å². The first-order chi connectivity index (χ1) is 8.06. The van der Waals surface area contributed by atoms with E-state index in [2.05, 4.69) is 11.8 Å². The monoisotopic (exact) mass is 233 g/mol. The highest BCUT2D eigenvalue weighted by molar-refractivity contribution is 5.88. The highest BCUT2D eigenvalue weighted by Crippen LogP contribution is 2.19. The van der Waals surface area contributed by atoms with Crippen molar-refractivity contribution >= 4 is 17.9 Å². The van der Waals surface area contributed by atoms with E-state index in [1.165, 1.54) is 12.1 Å². The third-order valence-electron chi connectivity index (χ3n) is 1.85. The maximum Gasteiger partial charge on any atom is 0.335 e. The van der Waals surface area contributed by atoms with E-state index >= 15 is 0 Å². The van der Waals surface area contributed by atoms with Crippen LogP contribution in [0.25, 0.3) is 0 Å². The molecule has 0 heterocycles. The van der Waals surface area contributed by atoms with Gasteiger partial charge in [0, 0.05) is 6.07 Å². The minimum Gasteiger partial charge on any atom is -0.478 e. The Hall–Kier alpha value is -2.68. The lowest BCUT2D eigenvalue weighted by Crippen LogP contribution is -1.99. The van der Waals surface area contributed by atoms with Crippen molar-refractivity contribution in [3.8, 4) is 11.8 Å². The van der Waals surface area contributed by atoms with Gasteiger partial charge in [0.15, 0.2) is 0 Å². The summed E-state index contributed by atoms with van der Waals surface area (Å²) in [7, 11) is 0. The Kier molecular flexibility index (Phi) is 3.95. The van der Waals surface area contributed by atoms with E-state index in [1.807, 2.05) is 0 Å². The molecule has 1 aromatic rings. The number of carboxylic acids is 1. The quantitative estimate of drug-likeness (QED) is 0.366. The summed E-state index contributed by atoms with van der Waals surface area (Å²) in [5.41, 5.74) is -0.484. The molecule has 1 rings (SSSR count). The van der Waals surface area contributed by atoms with Crippen LogP contribution in [0.5, 0.6) is 0 Å². The van der Waals surface area contributed by atoms with Crippen LogP contribution in [-0.4, -0.2) is 22.3 Å². The topological polar surface area (TPSA) is 97.5 Å². The number of hydrogen-bond donors (Lipinski definition) is 1. The number of benzene rings is 1. The van der Waals surface area contributed by atoms with Gasteiger partial charge >= 0.3 is 5.97 Å². The van der Waals surface area contributed by atoms with Crippen LogP contribution in [0.1, 0.15) is 22.3 Å². The van der Waals surface area contributed by atoms with Gasteiger partial charge in [-0.05, 0) is 12.1 Å². The molecule has 0 aromatic heterocycles. The van der Waals surface area contributed by atoms with Crippen molar-refractivity contribution in [1.29, 1.82) is 0 Å². The fraction of sp³-hybridized carbons (Fsp3) is 0.0909. The van der Waals surface area contributed by atoms with Crippen molar-refractivity contribution < 1.29 is 19.6 Å². The smallest absolute Gasteiger partial charge is 0.335 e. The van der Waals surface area contributed by atoms with Crippen molar-refractivity contribution in [3.05, 3.63) is 39.4 Å². The number of nitro groups is 1. The van der Waals surface area contributed by atoms with E-state index in [-0.39, 0.29) is 23.2 Å². The average Bonchev–Trinajstić information content (AvgIpc) is 2.29. The van der Waals surface area contributed by atoms with E-state index in [1.54, 1.807) is 0 Å². The number of aldehydes is 1. The van der Waals surface area contributed by atoms with E-state index < -0.39 is 10.9 Å². The molecule has 0 saturated heterocycles. The zero-order chi connectivity index (χ0) is 12.8. The molecule has 0 unspecified atom stereocenters. The van der Waals surface area contributed by atoms with E-state index in [9.17, 15) is 19.7 Å². The van der Waals surface area contributed by atoms with E-state index in [0.717, 1.165) is 6.07 Å². The molecule has 0 aliphatic carbocycles. The maximum absolute atomic E-state index is 10.7. The number of carbonyl (C=O) groups is 2. The van der Waals surface area contributed by atoms with Crippen LogP contribution in [-0.2, 0) is 4.79 Å². The minimum absolute atomic E-state index is 0.0299. The molecule has 0 aliphatic rings. The van der Waals surface area contributed by atoms with Crippen molar-refractivity contribution in [1.82, 2.24) is 0 Å². The van der Waals surface area contributed by atoms with Crippen LogP contribution in [0.3, 0.4) is 0 Å². The molecule has 0 bridgehead atoms. The van der Waals surface area contributed by atoms with Crippen LogP contribution < -0.4 is 0 Å². The summed E-state index contributed by atoms with van der Waals surface area (Å²) in [6, 6.07) is 3.41. The van der Waals surface area contributed by atoms with Gasteiger partial charge in [0.05, 0.1) is 16.9 Å². The van der Waals surface area contributed by atoms with Crippen LogP contribution in [0.4, 0.5) is 5.69 Å². The molecule has 86 valence electrons. The average molecular weight is 233 g/mol. The van der Waals surface area contributed by atoms with Crippen LogP contribution in [0, 0.1) is 22.0 Å². The molecule has 0 saturated carbocycles. The zero-order valence-electron chi connectivity index (χ0n) is 8.54. The molecular formula is C11H7NO5. The second-order valence-corrected chi connectivity index (χ2v) is 2.97. The zero-order valence-corrected chi connectivity index (χ0v) is 8.54. The number of rotatable bonds is 3. The third kappa shape index (κ3) is 3.14. The summed E-state index contributed by atoms with van der Waals surface area (Å²) in [4.78, 5) is 30.7. The highest BCUT2D eigenvalue weighted by Gasteiger charge is 2.15. The van der Waals surface area contributed by atoms with Crippen molar-refractivity contribution in [2.45, 2.75) is 6.42 Å². The fourth-order valence-electron chi connectivity index (χ4n) is 1.11. The summed E-state index contributed by atoms with van der Waals surface area (Å²) >= 11 is 0. The molecule has 17 heavy (non-hydrogen) atoms. The molecule has 1 aromatic carbocycles. The molecular weight excluding hydrogens is 226 g/mol. The normalized spacial score (nSPS) is 8.94. The second kappa shape index (κ2) is 5.42. The van der Waals surface area contributed by atoms with Crippen molar-refractivity contribution in [2.75, 3.05) is 0 Å². The predicted molar refractivity (Wildman–Crippen MR) is 57.6 cm³/mol. The van der Waals surface area contributed by atoms with E-state index in [4.69, 9.17) is 5.11 Å². The minimum atomic E-state index is -1.25. The predicted octanol–water partition coefficient (Wildman–Crippen LogP) is 1.23. The summed E-state index contributed by atoms with van der Waals surface area (Å²) in [5, 5.41) is 19.4. The van der Waals surface area contributed by atoms with Crippen molar-refractivity contribution in [3.63, 3.8) is 0 Å². The lowest BCUT2D eigenvalue weighted by atomic mass is 10.1. The number of carbonyl (C=O) groups excluding carboxylic acids is 1. The second-order valence-electron chi connectivity index (χ2n) is 2.97. The summed E-state index contributed by atoms with van der Waals surface area (Å²) in [6.45, 7) is 0. The Labute approximate surface area is 96.0 Å². The lowest BCUT2D eigenvalue weighted by molar-refractivity contribution is -0.385. The molecule has 1 N–H and O–H groups in total. The molecule has 0 fully saturated rings. The van der Waals surface area contributed by atoms with Gasteiger partial charge in [-0.25, -0.2) is 4.79 Å². The van der Waals surface area contributed by atoms with Crippen LogP contribution in [0.2, 0.25) is 0 Å². The Morgan fingerprint density at radius 1 is 1.53 bits per heavy atom. The number of hydrogen-bond acceptors (Lipinski definition) is 4. The Balaban J connectivity index is 3.23. The Morgan fingerprint density at radius 3 is 2.76 bits per heavy atom. The van der Waals surface area contributed by atoms with Gasteiger partial charge in [0.1, 0.15) is 11.8 Å². The van der Waals surface area contributed by atoms with Gasteiger partial charge < -0.3 is 9.90 Å². The molecule has 0 spiro atoms. The largest absolute Gasteiger partial charge is 0.478 e. The Morgan fingerprint density at radius 2 is 2.24 bits per heavy atom. The standard InChI is InChI=1S/C11H7NO5/c13-6-2-1-3-8-4-5-9(11(14)15)7-10(8)12(16)17/h4-7H,2H2,(H,14,15). The van der Waals surface area contributed by atoms with Gasteiger partial charge in [0.2, 0.25) is 0 Å². The molecule has 0 aliphatic heterocycles. The SMILES string of the molecule is O=CCC#Cc1ccc(C(=O)O)cc1[N+](=O)[O-]. The number of aromatic carboxylic acids is 1. The number of nitrogens with zero attached hydrogens (tertiary/aromatic N) is 1. The third-order valence-corrected chi connectivity index (χ3v) is 1.85. The fourth-order valence-corrected chi connectivity index (χ4v) is 1.11. The molecule has 0 amide bonds. The molecule has 6 nitrogen and oxygen atoms in total. The molecule has 6 heteroatoms. The highest BCUT2D eigenvalue weighted by atomic mass is 16.6. The van der Waals surface area contributed by atoms with Crippen molar-refractivity contribution in [2.24, 2.45) is 0 Å². The van der Waals surface area contributed by atoms with Crippen LogP contribution >= 0.6 is 0 Å². The number of carboxylic acid groups (broad SMARTS) is 1. The molecule has 0 atom stereocenters. The first-order valence-corrected chi connectivity index (χ1v) is 4.50. The molecule has 0 radical (unpaired) electrons. The first-order valence-electron chi connectivity index (χ1n) is 4.50. The Bertz CT molecular complexity index is 539.